The van der Waals surface area contributed by atoms with Gasteiger partial charge in [0.1, 0.15) is 11.6 Å². The normalized spacial score (nSPS) is 10.6. The van der Waals surface area contributed by atoms with Gasteiger partial charge in [-0.15, -0.1) is 0 Å². The number of halogens is 2. The fraction of sp³-hybridized carbons (Fsp3) is 0.238. The zero-order valence-electron chi connectivity index (χ0n) is 17.0. The van der Waals surface area contributed by atoms with E-state index in [1.165, 1.54) is 24.4 Å². The molecule has 0 saturated heterocycles. The third kappa shape index (κ3) is 5.87. The van der Waals surface area contributed by atoms with E-state index in [0.717, 1.165) is 0 Å². The van der Waals surface area contributed by atoms with Crippen LogP contribution < -0.4 is 10.6 Å². The lowest BCUT2D eigenvalue weighted by Crippen LogP contribution is -2.11. The highest BCUT2D eigenvalue weighted by atomic mass is 35.5. The Morgan fingerprint density at radius 2 is 2.06 bits per heavy atom. The predicted molar refractivity (Wildman–Crippen MR) is 116 cm³/mol. The highest BCUT2D eigenvalue weighted by Gasteiger charge is 2.14. The molecular formula is C21H21ClFN5O3. The van der Waals surface area contributed by atoms with Crippen LogP contribution in [0.2, 0.25) is 5.02 Å². The topological polar surface area (TPSA) is 98.3 Å². The van der Waals surface area contributed by atoms with Crippen molar-refractivity contribution >= 4 is 35.0 Å². The SMILES string of the molecule is CCOC(=O)c1cncc(-c2cnc(Nc3ccc(F)c(Cl)c3)nc2NCCOC)c1. The zero-order chi connectivity index (χ0) is 22.2. The summed E-state index contributed by atoms with van der Waals surface area (Å²) in [5, 5.41) is 6.17. The van der Waals surface area contributed by atoms with E-state index in [4.69, 9.17) is 21.1 Å². The number of methoxy groups -OCH3 is 1. The predicted octanol–water partition coefficient (Wildman–Crippen LogP) is 4.31. The van der Waals surface area contributed by atoms with E-state index in [9.17, 15) is 9.18 Å². The smallest absolute Gasteiger partial charge is 0.339 e. The Hall–Kier alpha value is -3.30. The van der Waals surface area contributed by atoms with Crippen molar-refractivity contribution in [2.75, 3.05) is 37.5 Å². The number of pyridine rings is 1. The average molecular weight is 446 g/mol. The van der Waals surface area contributed by atoms with E-state index in [1.807, 2.05) is 0 Å². The van der Waals surface area contributed by atoms with Crippen LogP contribution in [0, 0.1) is 5.82 Å². The van der Waals surface area contributed by atoms with Gasteiger partial charge in [0, 0.05) is 49.1 Å². The van der Waals surface area contributed by atoms with Crippen molar-refractivity contribution in [3.63, 3.8) is 0 Å². The summed E-state index contributed by atoms with van der Waals surface area (Å²) in [5.74, 6) is -0.191. The summed E-state index contributed by atoms with van der Waals surface area (Å²) in [4.78, 5) is 25.0. The molecule has 2 heterocycles. The first-order chi connectivity index (χ1) is 15.0. The van der Waals surface area contributed by atoms with Crippen LogP contribution in [0.25, 0.3) is 11.1 Å². The van der Waals surface area contributed by atoms with Crippen LogP contribution in [-0.4, -0.2) is 47.8 Å². The molecule has 162 valence electrons. The number of nitrogens with one attached hydrogen (secondary N) is 2. The van der Waals surface area contributed by atoms with Gasteiger partial charge in [-0.2, -0.15) is 4.98 Å². The molecule has 0 atom stereocenters. The number of benzene rings is 1. The Labute approximate surface area is 183 Å². The number of anilines is 3. The zero-order valence-corrected chi connectivity index (χ0v) is 17.7. The van der Waals surface area contributed by atoms with Gasteiger partial charge in [0.25, 0.3) is 0 Å². The fourth-order valence-corrected chi connectivity index (χ4v) is 2.86. The first kappa shape index (κ1) is 22.4. The Morgan fingerprint density at radius 3 is 2.81 bits per heavy atom. The van der Waals surface area contributed by atoms with Crippen LogP contribution in [-0.2, 0) is 9.47 Å². The highest BCUT2D eigenvalue weighted by molar-refractivity contribution is 6.31. The Bertz CT molecular complexity index is 1070. The number of esters is 1. The molecule has 0 unspecified atom stereocenters. The second kappa shape index (κ2) is 10.6. The van der Waals surface area contributed by atoms with Gasteiger partial charge in [-0.05, 0) is 31.2 Å². The Balaban J connectivity index is 1.93. The van der Waals surface area contributed by atoms with Crippen molar-refractivity contribution in [3.8, 4) is 11.1 Å². The molecule has 2 N–H and O–H groups in total. The van der Waals surface area contributed by atoms with E-state index in [1.54, 1.807) is 32.5 Å². The van der Waals surface area contributed by atoms with Gasteiger partial charge in [0.2, 0.25) is 5.95 Å². The maximum absolute atomic E-state index is 13.4. The highest BCUT2D eigenvalue weighted by Crippen LogP contribution is 2.28. The number of carbonyl (C=O) groups excluding carboxylic acids is 1. The molecule has 0 bridgehead atoms. The molecule has 0 fully saturated rings. The molecule has 0 saturated carbocycles. The Kier molecular flexibility index (Phi) is 7.69. The van der Waals surface area contributed by atoms with Gasteiger partial charge in [-0.3, -0.25) is 4.98 Å². The van der Waals surface area contributed by atoms with E-state index in [-0.39, 0.29) is 17.6 Å². The third-order valence-electron chi connectivity index (χ3n) is 4.12. The quantitative estimate of drug-likeness (QED) is 0.371. The van der Waals surface area contributed by atoms with Crippen LogP contribution in [0.1, 0.15) is 17.3 Å². The molecule has 3 aromatic rings. The van der Waals surface area contributed by atoms with Crippen molar-refractivity contribution in [2.24, 2.45) is 0 Å². The molecule has 0 spiro atoms. The second-order valence-corrected chi connectivity index (χ2v) is 6.72. The standard InChI is InChI=1S/C21H21ClFN5O3/c1-3-31-20(29)14-8-13(10-24-11-14)16-12-26-21(28-19(16)25-6-7-30-2)27-15-4-5-18(23)17(22)9-15/h4-5,8-12H,3,6-7H2,1-2H3,(H2,25,26,27,28). The Morgan fingerprint density at radius 1 is 1.23 bits per heavy atom. The van der Waals surface area contributed by atoms with Crippen LogP contribution in [0.4, 0.5) is 21.8 Å². The summed E-state index contributed by atoms with van der Waals surface area (Å²) in [6, 6.07) is 5.89. The molecule has 3 rings (SSSR count). The van der Waals surface area contributed by atoms with Gasteiger partial charge < -0.3 is 20.1 Å². The fourth-order valence-electron chi connectivity index (χ4n) is 2.68. The van der Waals surface area contributed by atoms with Crippen LogP contribution in [0.5, 0.6) is 0 Å². The van der Waals surface area contributed by atoms with Crippen molar-refractivity contribution in [1.29, 1.82) is 0 Å². The van der Waals surface area contributed by atoms with Crippen LogP contribution >= 0.6 is 11.6 Å². The van der Waals surface area contributed by atoms with Crippen molar-refractivity contribution in [2.45, 2.75) is 6.92 Å². The summed E-state index contributed by atoms with van der Waals surface area (Å²) < 4.78 is 23.5. The maximum Gasteiger partial charge on any atom is 0.339 e. The lowest BCUT2D eigenvalue weighted by Gasteiger charge is -2.13. The third-order valence-corrected chi connectivity index (χ3v) is 4.41. The van der Waals surface area contributed by atoms with Gasteiger partial charge in [-0.25, -0.2) is 14.2 Å². The van der Waals surface area contributed by atoms with Gasteiger partial charge in [0.05, 0.1) is 23.8 Å². The van der Waals surface area contributed by atoms with Crippen molar-refractivity contribution in [1.82, 2.24) is 15.0 Å². The molecule has 31 heavy (non-hydrogen) atoms. The summed E-state index contributed by atoms with van der Waals surface area (Å²) in [6.45, 7) is 2.96. The molecular weight excluding hydrogens is 425 g/mol. The second-order valence-electron chi connectivity index (χ2n) is 6.31. The molecule has 0 radical (unpaired) electrons. The van der Waals surface area contributed by atoms with E-state index in [2.05, 4.69) is 25.6 Å². The minimum atomic E-state index is -0.514. The van der Waals surface area contributed by atoms with Crippen molar-refractivity contribution in [3.05, 3.63) is 59.3 Å². The average Bonchev–Trinajstić information content (AvgIpc) is 2.77. The molecule has 0 aliphatic rings. The number of aromatic nitrogens is 3. The number of hydrogen-bond acceptors (Lipinski definition) is 8. The molecule has 0 amide bonds. The molecule has 8 nitrogen and oxygen atoms in total. The number of rotatable bonds is 9. The number of hydrogen-bond donors (Lipinski definition) is 2. The summed E-state index contributed by atoms with van der Waals surface area (Å²) in [6.07, 6.45) is 4.64. The van der Waals surface area contributed by atoms with E-state index >= 15 is 0 Å². The lowest BCUT2D eigenvalue weighted by molar-refractivity contribution is 0.0526. The number of carbonyl (C=O) groups is 1. The largest absolute Gasteiger partial charge is 0.462 e. The summed E-state index contributed by atoms with van der Waals surface area (Å²) in [5.41, 5.74) is 2.14. The van der Waals surface area contributed by atoms with Gasteiger partial charge in [-0.1, -0.05) is 11.6 Å². The van der Waals surface area contributed by atoms with Crippen LogP contribution in [0.15, 0.2) is 42.9 Å². The molecule has 0 aliphatic heterocycles. The monoisotopic (exact) mass is 445 g/mol. The first-order valence-electron chi connectivity index (χ1n) is 9.46. The number of ether oxygens (including phenoxy) is 2. The van der Waals surface area contributed by atoms with Crippen molar-refractivity contribution < 1.29 is 18.7 Å². The molecule has 2 aromatic heterocycles. The minimum Gasteiger partial charge on any atom is -0.462 e. The van der Waals surface area contributed by atoms with E-state index < -0.39 is 11.8 Å². The molecule has 10 heteroatoms. The van der Waals surface area contributed by atoms with Gasteiger partial charge in [0.15, 0.2) is 0 Å². The molecule has 0 aliphatic carbocycles. The summed E-state index contributed by atoms with van der Waals surface area (Å²) in [7, 11) is 1.60. The lowest BCUT2D eigenvalue weighted by atomic mass is 10.1. The minimum absolute atomic E-state index is 0.0121. The maximum atomic E-state index is 13.4. The summed E-state index contributed by atoms with van der Waals surface area (Å²) >= 11 is 5.84. The van der Waals surface area contributed by atoms with Gasteiger partial charge >= 0.3 is 5.97 Å². The first-order valence-corrected chi connectivity index (χ1v) is 9.84. The van der Waals surface area contributed by atoms with Crippen LogP contribution in [0.3, 0.4) is 0 Å². The number of nitrogens with zero attached hydrogens (tertiary/aromatic N) is 3. The molecule has 1 aromatic carbocycles. The van der Waals surface area contributed by atoms with E-state index in [0.29, 0.717) is 41.3 Å².